The van der Waals surface area contributed by atoms with Crippen molar-refractivity contribution in [2.24, 2.45) is 0 Å². The van der Waals surface area contributed by atoms with E-state index < -0.39 is 11.7 Å². The highest BCUT2D eigenvalue weighted by Crippen LogP contribution is 2.22. The van der Waals surface area contributed by atoms with Gasteiger partial charge in [-0.3, -0.25) is 0 Å². The summed E-state index contributed by atoms with van der Waals surface area (Å²) in [4.78, 5) is 0. The summed E-state index contributed by atoms with van der Waals surface area (Å²) >= 11 is 0. The predicted molar refractivity (Wildman–Crippen MR) is 36.5 cm³/mol. The second-order valence-electron chi connectivity index (χ2n) is 2.53. The van der Waals surface area contributed by atoms with Crippen LogP contribution in [-0.4, -0.2) is 27.0 Å². The summed E-state index contributed by atoms with van der Waals surface area (Å²) < 4.78 is 0. The number of hydrogen-bond donors (Lipinski definition) is 3. The van der Waals surface area contributed by atoms with E-state index in [4.69, 9.17) is 10.2 Å². The van der Waals surface area contributed by atoms with Crippen LogP contribution >= 0.6 is 0 Å². The molecule has 0 saturated heterocycles. The molecule has 0 amide bonds. The number of allylic oxidation sites excluding steroid dienone is 2. The maximum Gasteiger partial charge on any atom is 0.148 e. The minimum atomic E-state index is -1.52. The molecule has 3 N–H and O–H groups in total. The van der Waals surface area contributed by atoms with Gasteiger partial charge >= 0.3 is 0 Å². The second-order valence-corrected chi connectivity index (χ2v) is 2.53. The first kappa shape index (κ1) is 7.31. The Morgan fingerprint density at radius 3 is 2.60 bits per heavy atom. The van der Waals surface area contributed by atoms with Crippen molar-refractivity contribution in [2.75, 3.05) is 0 Å². The minimum Gasteiger partial charge on any atom is -0.509 e. The van der Waals surface area contributed by atoms with E-state index in [9.17, 15) is 5.11 Å². The lowest BCUT2D eigenvalue weighted by atomic mass is 9.93. The van der Waals surface area contributed by atoms with Gasteiger partial charge in [0.25, 0.3) is 0 Å². The molecule has 0 aromatic carbocycles. The standard InChI is InChI=1S/C7H10O3/c1-7(10)5(8)3-2-4-6(7)9/h2-5,8-10H,1H3. The van der Waals surface area contributed by atoms with E-state index >= 15 is 0 Å². The van der Waals surface area contributed by atoms with E-state index in [1.54, 1.807) is 0 Å². The molecule has 3 nitrogen and oxygen atoms in total. The molecule has 0 saturated carbocycles. The molecule has 0 spiro atoms. The SMILES string of the molecule is CC1(O)C(O)=CC=CC1O. The number of aliphatic hydroxyl groups is 3. The minimum absolute atomic E-state index is 0.206. The first-order valence-corrected chi connectivity index (χ1v) is 3.03. The van der Waals surface area contributed by atoms with E-state index in [1.807, 2.05) is 0 Å². The second kappa shape index (κ2) is 2.11. The Morgan fingerprint density at radius 2 is 2.20 bits per heavy atom. The molecule has 0 aromatic rings. The molecule has 56 valence electrons. The molecule has 1 aliphatic rings. The summed E-state index contributed by atoms with van der Waals surface area (Å²) in [5.41, 5.74) is -1.52. The molecule has 3 heteroatoms. The van der Waals surface area contributed by atoms with Crippen molar-refractivity contribution in [3.05, 3.63) is 24.0 Å². The zero-order valence-corrected chi connectivity index (χ0v) is 5.65. The predicted octanol–water partition coefficient (Wildman–Crippen LogP) is 0.110. The lowest BCUT2D eigenvalue weighted by Crippen LogP contribution is -2.41. The van der Waals surface area contributed by atoms with E-state index in [2.05, 4.69) is 0 Å². The highest BCUT2D eigenvalue weighted by atomic mass is 16.4. The normalized spacial score (nSPS) is 39.5. The van der Waals surface area contributed by atoms with Crippen LogP contribution < -0.4 is 0 Å². The van der Waals surface area contributed by atoms with Crippen LogP contribution in [-0.2, 0) is 0 Å². The van der Waals surface area contributed by atoms with Crippen molar-refractivity contribution in [3.63, 3.8) is 0 Å². The highest BCUT2D eigenvalue weighted by Gasteiger charge is 2.34. The van der Waals surface area contributed by atoms with Gasteiger partial charge in [0, 0.05) is 0 Å². The maximum absolute atomic E-state index is 9.29. The Morgan fingerprint density at radius 1 is 1.60 bits per heavy atom. The van der Waals surface area contributed by atoms with Crippen molar-refractivity contribution in [1.82, 2.24) is 0 Å². The summed E-state index contributed by atoms with van der Waals surface area (Å²) in [7, 11) is 0. The van der Waals surface area contributed by atoms with Crippen molar-refractivity contribution in [2.45, 2.75) is 18.6 Å². The van der Waals surface area contributed by atoms with Gasteiger partial charge in [0.1, 0.15) is 17.5 Å². The number of aliphatic hydroxyl groups excluding tert-OH is 2. The molecule has 1 aliphatic carbocycles. The summed E-state index contributed by atoms with van der Waals surface area (Å²) in [5.74, 6) is -0.206. The van der Waals surface area contributed by atoms with Crippen LogP contribution in [0.3, 0.4) is 0 Å². The van der Waals surface area contributed by atoms with Gasteiger partial charge in [-0.25, -0.2) is 0 Å². The molecule has 0 aliphatic heterocycles. The van der Waals surface area contributed by atoms with Crippen LogP contribution in [0.15, 0.2) is 24.0 Å². The quantitative estimate of drug-likeness (QED) is 0.450. The van der Waals surface area contributed by atoms with Gasteiger partial charge in [-0.05, 0) is 13.0 Å². The van der Waals surface area contributed by atoms with E-state index in [-0.39, 0.29) is 5.76 Å². The summed E-state index contributed by atoms with van der Waals surface area (Å²) in [5, 5.41) is 27.4. The molecule has 0 fully saturated rings. The summed E-state index contributed by atoms with van der Waals surface area (Å²) in [6.45, 7) is 1.35. The van der Waals surface area contributed by atoms with Crippen LogP contribution in [0.5, 0.6) is 0 Å². The molecule has 0 radical (unpaired) electrons. The zero-order chi connectivity index (χ0) is 7.78. The first-order valence-electron chi connectivity index (χ1n) is 3.03. The molecule has 1 rings (SSSR count). The van der Waals surface area contributed by atoms with Crippen LogP contribution in [0.2, 0.25) is 0 Å². The number of rotatable bonds is 0. The van der Waals surface area contributed by atoms with E-state index in [0.717, 1.165) is 0 Å². The zero-order valence-electron chi connectivity index (χ0n) is 5.65. The number of hydrogen-bond acceptors (Lipinski definition) is 3. The molecule has 2 atom stereocenters. The fourth-order valence-electron chi connectivity index (χ4n) is 0.760. The van der Waals surface area contributed by atoms with Gasteiger partial charge in [-0.2, -0.15) is 0 Å². The third kappa shape index (κ3) is 0.936. The van der Waals surface area contributed by atoms with Crippen LogP contribution in [0.4, 0.5) is 0 Å². The molecule has 0 bridgehead atoms. The molecule has 2 unspecified atom stereocenters. The lowest BCUT2D eigenvalue weighted by Gasteiger charge is -2.28. The van der Waals surface area contributed by atoms with Crippen molar-refractivity contribution in [3.8, 4) is 0 Å². The Hall–Kier alpha value is -0.800. The van der Waals surface area contributed by atoms with Crippen molar-refractivity contribution < 1.29 is 15.3 Å². The summed E-state index contributed by atoms with van der Waals surface area (Å²) in [6.07, 6.45) is 3.25. The smallest absolute Gasteiger partial charge is 0.148 e. The highest BCUT2D eigenvalue weighted by molar-refractivity contribution is 5.25. The third-order valence-corrected chi connectivity index (χ3v) is 1.64. The molecule has 10 heavy (non-hydrogen) atoms. The molecule has 0 aromatic heterocycles. The topological polar surface area (TPSA) is 60.7 Å². The van der Waals surface area contributed by atoms with E-state index in [1.165, 1.54) is 25.2 Å². The average molecular weight is 142 g/mol. The van der Waals surface area contributed by atoms with Gasteiger partial charge in [0.15, 0.2) is 0 Å². The van der Waals surface area contributed by atoms with Gasteiger partial charge in [-0.1, -0.05) is 12.2 Å². The van der Waals surface area contributed by atoms with Crippen LogP contribution in [0, 0.1) is 0 Å². The monoisotopic (exact) mass is 142 g/mol. The average Bonchev–Trinajstić information content (AvgIpc) is 1.84. The van der Waals surface area contributed by atoms with E-state index in [0.29, 0.717) is 0 Å². The maximum atomic E-state index is 9.29. The Bertz CT molecular complexity index is 191. The Labute approximate surface area is 58.9 Å². The van der Waals surface area contributed by atoms with Gasteiger partial charge in [0.05, 0.1) is 0 Å². The fourth-order valence-corrected chi connectivity index (χ4v) is 0.760. The molecular formula is C7H10O3. The largest absolute Gasteiger partial charge is 0.509 e. The van der Waals surface area contributed by atoms with Gasteiger partial charge in [-0.15, -0.1) is 0 Å². The van der Waals surface area contributed by atoms with Gasteiger partial charge in [0.2, 0.25) is 0 Å². The first-order chi connectivity index (χ1) is 4.55. The summed E-state index contributed by atoms with van der Waals surface area (Å²) in [6, 6.07) is 0. The molecule has 0 heterocycles. The Kier molecular flexibility index (Phi) is 1.54. The lowest BCUT2D eigenvalue weighted by molar-refractivity contribution is -0.0375. The third-order valence-electron chi connectivity index (χ3n) is 1.64. The van der Waals surface area contributed by atoms with Crippen LogP contribution in [0.25, 0.3) is 0 Å². The Balaban J connectivity index is 2.93. The van der Waals surface area contributed by atoms with Crippen molar-refractivity contribution in [1.29, 1.82) is 0 Å². The fraction of sp³-hybridized carbons (Fsp3) is 0.429. The van der Waals surface area contributed by atoms with Crippen LogP contribution in [0.1, 0.15) is 6.92 Å². The van der Waals surface area contributed by atoms with Gasteiger partial charge < -0.3 is 15.3 Å². The van der Waals surface area contributed by atoms with Crippen molar-refractivity contribution >= 4 is 0 Å². The molecular weight excluding hydrogens is 132 g/mol.